The van der Waals surface area contributed by atoms with Gasteiger partial charge in [-0.15, -0.1) is 0 Å². The molecule has 1 aliphatic heterocycles. The second-order valence-electron chi connectivity index (χ2n) is 4.79. The summed E-state index contributed by atoms with van der Waals surface area (Å²) in [6, 6.07) is 0.0156. The van der Waals surface area contributed by atoms with Crippen molar-refractivity contribution in [1.82, 2.24) is 14.3 Å². The highest BCUT2D eigenvalue weighted by Crippen LogP contribution is 2.27. The SMILES string of the molecule is CC1CCC(C)N(S(=O)(=O)c2cnc(Cl)nc2)C1. The van der Waals surface area contributed by atoms with E-state index in [9.17, 15) is 8.42 Å². The van der Waals surface area contributed by atoms with Crippen molar-refractivity contribution in [1.29, 1.82) is 0 Å². The van der Waals surface area contributed by atoms with Crippen LogP contribution in [0.25, 0.3) is 0 Å². The zero-order chi connectivity index (χ0) is 13.3. The molecule has 2 rings (SSSR count). The van der Waals surface area contributed by atoms with Crippen LogP contribution in [0, 0.1) is 5.92 Å². The average Bonchev–Trinajstić information content (AvgIpc) is 2.32. The van der Waals surface area contributed by atoms with Gasteiger partial charge in [-0.25, -0.2) is 18.4 Å². The molecule has 18 heavy (non-hydrogen) atoms. The first kappa shape index (κ1) is 13.7. The Morgan fingerprint density at radius 2 is 1.89 bits per heavy atom. The van der Waals surface area contributed by atoms with Gasteiger partial charge < -0.3 is 0 Å². The summed E-state index contributed by atoms with van der Waals surface area (Å²) in [4.78, 5) is 7.57. The second kappa shape index (κ2) is 5.11. The lowest BCUT2D eigenvalue weighted by molar-refractivity contribution is 0.218. The standard InChI is InChI=1S/C11H16ClN3O2S/c1-8-3-4-9(2)15(7-8)18(16,17)10-5-13-11(12)14-6-10/h5-6,8-9H,3-4,7H2,1-2H3. The van der Waals surface area contributed by atoms with Gasteiger partial charge >= 0.3 is 0 Å². The van der Waals surface area contributed by atoms with Gasteiger partial charge in [-0.05, 0) is 37.3 Å². The van der Waals surface area contributed by atoms with E-state index in [4.69, 9.17) is 11.6 Å². The molecule has 2 unspecified atom stereocenters. The van der Waals surface area contributed by atoms with E-state index >= 15 is 0 Å². The van der Waals surface area contributed by atoms with Crippen LogP contribution in [0.15, 0.2) is 17.3 Å². The molecule has 1 saturated heterocycles. The fraction of sp³-hybridized carbons (Fsp3) is 0.636. The zero-order valence-corrected chi connectivity index (χ0v) is 11.9. The number of hydrogen-bond acceptors (Lipinski definition) is 4. The van der Waals surface area contributed by atoms with Crippen molar-refractivity contribution >= 4 is 21.6 Å². The Bertz CT molecular complexity index is 518. The monoisotopic (exact) mass is 289 g/mol. The Hall–Kier alpha value is -0.720. The summed E-state index contributed by atoms with van der Waals surface area (Å²) < 4.78 is 26.5. The van der Waals surface area contributed by atoms with Gasteiger partial charge in [0.1, 0.15) is 4.90 Å². The molecule has 5 nitrogen and oxygen atoms in total. The largest absolute Gasteiger partial charge is 0.246 e. The van der Waals surface area contributed by atoms with Crippen molar-refractivity contribution < 1.29 is 8.42 Å². The molecule has 2 atom stereocenters. The minimum absolute atomic E-state index is 0.0156. The van der Waals surface area contributed by atoms with Crippen LogP contribution >= 0.6 is 11.6 Å². The molecule has 100 valence electrons. The van der Waals surface area contributed by atoms with Crippen LogP contribution in [-0.2, 0) is 10.0 Å². The Kier molecular flexibility index (Phi) is 3.89. The molecule has 0 spiro atoms. The topological polar surface area (TPSA) is 63.2 Å². The summed E-state index contributed by atoms with van der Waals surface area (Å²) in [7, 11) is -3.51. The van der Waals surface area contributed by atoms with Crippen molar-refractivity contribution in [2.45, 2.75) is 37.6 Å². The predicted octanol–water partition coefficient (Wildman–Crippen LogP) is 1.94. The van der Waals surface area contributed by atoms with Crippen LogP contribution in [-0.4, -0.2) is 35.3 Å². The molecular weight excluding hydrogens is 274 g/mol. The van der Waals surface area contributed by atoms with E-state index in [1.54, 1.807) is 0 Å². The summed E-state index contributed by atoms with van der Waals surface area (Å²) in [6.07, 6.45) is 4.46. The first-order valence-corrected chi connectivity index (χ1v) is 7.72. The number of aromatic nitrogens is 2. The molecule has 2 heterocycles. The number of piperidine rings is 1. The summed E-state index contributed by atoms with van der Waals surface area (Å²) in [5.74, 6) is 0.379. The first-order valence-electron chi connectivity index (χ1n) is 5.90. The lowest BCUT2D eigenvalue weighted by Crippen LogP contribution is -2.44. The Morgan fingerprint density at radius 3 is 2.50 bits per heavy atom. The van der Waals surface area contributed by atoms with E-state index in [1.807, 2.05) is 6.92 Å². The molecule has 1 aliphatic rings. The zero-order valence-electron chi connectivity index (χ0n) is 10.4. The van der Waals surface area contributed by atoms with E-state index < -0.39 is 10.0 Å². The molecule has 0 N–H and O–H groups in total. The highest BCUT2D eigenvalue weighted by Gasteiger charge is 2.33. The van der Waals surface area contributed by atoms with E-state index in [-0.39, 0.29) is 16.2 Å². The number of hydrogen-bond donors (Lipinski definition) is 0. The van der Waals surface area contributed by atoms with Gasteiger partial charge in [0, 0.05) is 12.6 Å². The minimum atomic E-state index is -3.51. The van der Waals surface area contributed by atoms with Gasteiger partial charge in [0.05, 0.1) is 12.4 Å². The molecule has 0 bridgehead atoms. The fourth-order valence-corrected chi connectivity index (χ4v) is 3.92. The van der Waals surface area contributed by atoms with Crippen LogP contribution in [0.1, 0.15) is 26.7 Å². The van der Waals surface area contributed by atoms with Gasteiger partial charge in [-0.1, -0.05) is 6.92 Å². The third-order valence-corrected chi connectivity index (χ3v) is 5.39. The second-order valence-corrected chi connectivity index (χ2v) is 7.02. The van der Waals surface area contributed by atoms with Gasteiger partial charge in [0.25, 0.3) is 0 Å². The van der Waals surface area contributed by atoms with E-state index in [2.05, 4.69) is 16.9 Å². The highest BCUT2D eigenvalue weighted by atomic mass is 35.5. The van der Waals surface area contributed by atoms with E-state index in [0.717, 1.165) is 12.8 Å². The summed E-state index contributed by atoms with van der Waals surface area (Å²) in [5, 5.41) is 0.0500. The van der Waals surface area contributed by atoms with Crippen molar-refractivity contribution in [3.05, 3.63) is 17.7 Å². The smallest absolute Gasteiger partial charge is 0.225 e. The Morgan fingerprint density at radius 1 is 1.28 bits per heavy atom. The van der Waals surface area contributed by atoms with Crippen molar-refractivity contribution in [3.8, 4) is 0 Å². The highest BCUT2D eigenvalue weighted by molar-refractivity contribution is 7.89. The number of sulfonamides is 1. The van der Waals surface area contributed by atoms with E-state index in [0.29, 0.717) is 12.5 Å². The third kappa shape index (κ3) is 2.65. The van der Waals surface area contributed by atoms with Crippen molar-refractivity contribution in [2.75, 3.05) is 6.54 Å². The summed E-state index contributed by atoms with van der Waals surface area (Å²) in [6.45, 7) is 4.54. The molecule has 0 aromatic carbocycles. The molecule has 0 amide bonds. The normalized spacial score (nSPS) is 26.2. The van der Waals surface area contributed by atoms with Gasteiger partial charge in [-0.3, -0.25) is 0 Å². The molecule has 7 heteroatoms. The molecular formula is C11H16ClN3O2S. The third-order valence-electron chi connectivity index (χ3n) is 3.26. The van der Waals surface area contributed by atoms with Crippen LogP contribution in [0.4, 0.5) is 0 Å². The molecule has 0 aliphatic carbocycles. The molecule has 1 aromatic heterocycles. The number of halogens is 1. The quantitative estimate of drug-likeness (QED) is 0.781. The molecule has 1 aromatic rings. The Balaban J connectivity index is 2.32. The molecule has 0 radical (unpaired) electrons. The Labute approximate surface area is 112 Å². The fourth-order valence-electron chi connectivity index (χ4n) is 2.15. The van der Waals surface area contributed by atoms with Crippen molar-refractivity contribution in [2.24, 2.45) is 5.92 Å². The molecule has 1 fully saturated rings. The lowest BCUT2D eigenvalue weighted by Gasteiger charge is -2.35. The maximum atomic E-state index is 12.5. The average molecular weight is 290 g/mol. The summed E-state index contributed by atoms with van der Waals surface area (Å²) >= 11 is 5.57. The van der Waals surface area contributed by atoms with E-state index in [1.165, 1.54) is 16.7 Å². The number of rotatable bonds is 2. The van der Waals surface area contributed by atoms with Crippen LogP contribution in [0.5, 0.6) is 0 Å². The van der Waals surface area contributed by atoms with Crippen LogP contribution in [0.2, 0.25) is 5.28 Å². The summed E-state index contributed by atoms with van der Waals surface area (Å²) in [5.41, 5.74) is 0. The first-order chi connectivity index (χ1) is 8.41. The lowest BCUT2D eigenvalue weighted by atomic mass is 9.97. The van der Waals surface area contributed by atoms with Gasteiger partial charge in [0.15, 0.2) is 0 Å². The maximum Gasteiger partial charge on any atom is 0.246 e. The van der Waals surface area contributed by atoms with Gasteiger partial charge in [-0.2, -0.15) is 4.31 Å². The molecule has 0 saturated carbocycles. The van der Waals surface area contributed by atoms with Crippen molar-refractivity contribution in [3.63, 3.8) is 0 Å². The number of nitrogens with zero attached hydrogens (tertiary/aromatic N) is 3. The minimum Gasteiger partial charge on any atom is -0.225 e. The van der Waals surface area contributed by atoms with Crippen LogP contribution in [0.3, 0.4) is 0 Å². The van der Waals surface area contributed by atoms with Gasteiger partial charge in [0.2, 0.25) is 15.3 Å². The predicted molar refractivity (Wildman–Crippen MR) is 68.8 cm³/mol. The maximum absolute atomic E-state index is 12.5. The van der Waals surface area contributed by atoms with Crippen LogP contribution < -0.4 is 0 Å².